The molecule has 9 nitrogen and oxygen atoms in total. The van der Waals surface area contributed by atoms with Gasteiger partial charge in [0.2, 0.25) is 19.7 Å². The SMILES string of the molecule is CC.CS(=O)(=O)O.Cc1ccc(S(=O)(=O)c2ccc(Oc3ccc(C(C)(C)c4ccc(Oc5ccc(S(=O)(=O)c6ccc(Cc7ccccc7)cc6)cc5)cc4)cc3)cc2)cc1. The Morgan fingerprint density at radius 1 is 0.435 bits per heavy atom. The Bertz CT molecular complexity index is 2850. The Hall–Kier alpha value is -6.05. The van der Waals surface area contributed by atoms with Crippen LogP contribution in [-0.2, 0) is 41.6 Å². The van der Waals surface area contributed by atoms with E-state index in [0.29, 0.717) is 29.3 Å². The zero-order valence-electron chi connectivity index (χ0n) is 35.4. The third-order valence-electron chi connectivity index (χ3n) is 9.71. The van der Waals surface area contributed by atoms with E-state index in [1.165, 1.54) is 5.56 Å². The van der Waals surface area contributed by atoms with Crippen LogP contribution in [0.3, 0.4) is 0 Å². The van der Waals surface area contributed by atoms with Crippen molar-refractivity contribution in [2.24, 2.45) is 0 Å². The summed E-state index contributed by atoms with van der Waals surface area (Å²) in [5.41, 5.74) is 5.03. The average Bonchev–Trinajstić information content (AvgIpc) is 3.25. The molecule has 0 spiro atoms. The van der Waals surface area contributed by atoms with Crippen molar-refractivity contribution in [3.8, 4) is 23.0 Å². The minimum atomic E-state index is -3.69. The summed E-state index contributed by atoms with van der Waals surface area (Å²) in [5, 5.41) is 0. The lowest BCUT2D eigenvalue weighted by Crippen LogP contribution is -2.18. The predicted molar refractivity (Wildman–Crippen MR) is 245 cm³/mol. The molecule has 7 aromatic carbocycles. The van der Waals surface area contributed by atoms with E-state index in [4.69, 9.17) is 14.0 Å². The molecule has 0 aliphatic carbocycles. The Labute approximate surface area is 366 Å². The van der Waals surface area contributed by atoms with E-state index in [2.05, 4.69) is 26.0 Å². The van der Waals surface area contributed by atoms with Crippen molar-refractivity contribution in [2.45, 2.75) is 66.0 Å². The second-order valence-electron chi connectivity index (χ2n) is 14.7. The van der Waals surface area contributed by atoms with Gasteiger partial charge in [-0.1, -0.05) is 112 Å². The van der Waals surface area contributed by atoms with E-state index in [-0.39, 0.29) is 25.0 Å². The topological polar surface area (TPSA) is 141 Å². The molecule has 0 fully saturated rings. The first kappa shape index (κ1) is 47.0. The van der Waals surface area contributed by atoms with Crippen LogP contribution in [0.15, 0.2) is 196 Å². The van der Waals surface area contributed by atoms with Crippen LogP contribution < -0.4 is 9.47 Å². The average molecular weight is 891 g/mol. The molecule has 12 heteroatoms. The second kappa shape index (κ2) is 20.2. The van der Waals surface area contributed by atoms with Crippen molar-refractivity contribution in [1.29, 1.82) is 0 Å². The summed E-state index contributed by atoms with van der Waals surface area (Å²) in [6.07, 6.45) is 1.45. The maximum absolute atomic E-state index is 13.3. The van der Waals surface area contributed by atoms with Crippen LogP contribution in [0.5, 0.6) is 23.0 Å². The molecule has 0 aromatic heterocycles. The second-order valence-corrected chi connectivity index (χ2v) is 20.0. The number of hydrogen-bond acceptors (Lipinski definition) is 8. The van der Waals surface area contributed by atoms with Gasteiger partial charge in [-0.2, -0.15) is 8.42 Å². The standard InChI is InChI=1S/C47H40O6S2.C2H6.CH4O3S/c1-34-9-25-43(26-10-34)54(48,49)45-29-21-41(22-30-45)52-39-17-13-37(14-18-39)47(2,3)38-15-19-40(20-16-38)53-42-23-31-46(32-24-42)55(50,51)44-27-11-36(12-28-44)33-35-7-5-4-6-8-35;1-2;1-5(2,3)4/h4-32H,33H2,1-3H3;1-2H3;1H3,(H,2,3,4). The first-order valence-electron chi connectivity index (χ1n) is 19.8. The van der Waals surface area contributed by atoms with Gasteiger partial charge in [0.15, 0.2) is 0 Å². The Morgan fingerprint density at radius 3 is 1.05 bits per heavy atom. The first-order chi connectivity index (χ1) is 29.4. The summed E-state index contributed by atoms with van der Waals surface area (Å²) < 4.78 is 90.7. The minimum Gasteiger partial charge on any atom is -0.457 e. The van der Waals surface area contributed by atoms with Crippen LogP contribution in [0.1, 0.15) is 55.5 Å². The van der Waals surface area contributed by atoms with Crippen LogP contribution >= 0.6 is 0 Å². The highest BCUT2D eigenvalue weighted by Gasteiger charge is 2.24. The van der Waals surface area contributed by atoms with Crippen LogP contribution in [0.2, 0.25) is 0 Å². The van der Waals surface area contributed by atoms with Crippen molar-refractivity contribution >= 4 is 29.8 Å². The van der Waals surface area contributed by atoms with Crippen LogP contribution in [0.4, 0.5) is 0 Å². The molecular weight excluding hydrogens is 841 g/mol. The molecular formula is C50H50O9S3. The maximum atomic E-state index is 13.3. The lowest BCUT2D eigenvalue weighted by Gasteiger charge is -2.26. The molecule has 0 atom stereocenters. The highest BCUT2D eigenvalue weighted by atomic mass is 32.2. The third kappa shape index (κ3) is 12.5. The molecule has 0 bridgehead atoms. The van der Waals surface area contributed by atoms with Gasteiger partial charge in [0.1, 0.15) is 23.0 Å². The number of aryl methyl sites for hydroxylation is 1. The lowest BCUT2D eigenvalue weighted by atomic mass is 9.78. The van der Waals surface area contributed by atoms with Gasteiger partial charge in [-0.25, -0.2) is 16.8 Å². The number of sulfone groups is 2. The highest BCUT2D eigenvalue weighted by Crippen LogP contribution is 2.35. The van der Waals surface area contributed by atoms with Gasteiger partial charge in [-0.05, 0) is 133 Å². The van der Waals surface area contributed by atoms with Gasteiger partial charge in [-0.15, -0.1) is 0 Å². The molecule has 0 aliphatic rings. The minimum absolute atomic E-state index is 0.200. The van der Waals surface area contributed by atoms with Crippen molar-refractivity contribution in [1.82, 2.24) is 0 Å². The van der Waals surface area contributed by atoms with E-state index >= 15 is 0 Å². The molecule has 7 aromatic rings. The fourth-order valence-corrected chi connectivity index (χ4v) is 8.82. The quantitative estimate of drug-likeness (QED) is 0.119. The van der Waals surface area contributed by atoms with Gasteiger partial charge >= 0.3 is 0 Å². The number of ether oxygens (including phenoxy) is 2. The summed E-state index contributed by atoms with van der Waals surface area (Å²) in [5.74, 6) is 2.33. The van der Waals surface area contributed by atoms with Crippen LogP contribution in [0.25, 0.3) is 0 Å². The van der Waals surface area contributed by atoms with E-state index in [1.54, 1.807) is 84.9 Å². The largest absolute Gasteiger partial charge is 0.457 e. The molecule has 0 aliphatic heterocycles. The number of benzene rings is 7. The summed E-state index contributed by atoms with van der Waals surface area (Å²) in [6.45, 7) is 10.2. The normalized spacial score (nSPS) is 11.6. The maximum Gasteiger partial charge on any atom is 0.261 e. The van der Waals surface area contributed by atoms with Crippen molar-refractivity contribution < 1.29 is 39.3 Å². The monoisotopic (exact) mass is 890 g/mol. The van der Waals surface area contributed by atoms with Crippen LogP contribution in [0, 0.1) is 6.92 Å². The predicted octanol–water partition coefficient (Wildman–Crippen LogP) is 11.7. The van der Waals surface area contributed by atoms with Gasteiger partial charge in [0.25, 0.3) is 10.1 Å². The van der Waals surface area contributed by atoms with Gasteiger partial charge < -0.3 is 9.47 Å². The molecule has 0 saturated heterocycles. The van der Waals surface area contributed by atoms with E-state index in [9.17, 15) is 25.3 Å². The molecule has 0 amide bonds. The molecule has 322 valence electrons. The lowest BCUT2D eigenvalue weighted by molar-refractivity contribution is 0.480. The molecule has 0 heterocycles. The third-order valence-corrected chi connectivity index (χ3v) is 13.3. The van der Waals surface area contributed by atoms with Crippen LogP contribution in [-0.4, -0.2) is 36.1 Å². The molecule has 7 rings (SSSR count). The van der Waals surface area contributed by atoms with Crippen molar-refractivity contribution in [3.05, 3.63) is 204 Å². The van der Waals surface area contributed by atoms with E-state index in [1.807, 2.05) is 99.6 Å². The molecule has 62 heavy (non-hydrogen) atoms. The van der Waals surface area contributed by atoms with Crippen molar-refractivity contribution in [3.63, 3.8) is 0 Å². The van der Waals surface area contributed by atoms with Gasteiger partial charge in [0.05, 0.1) is 25.8 Å². The molecule has 0 unspecified atom stereocenters. The first-order valence-corrected chi connectivity index (χ1v) is 24.6. The zero-order valence-corrected chi connectivity index (χ0v) is 37.8. The van der Waals surface area contributed by atoms with E-state index < -0.39 is 29.8 Å². The number of rotatable bonds is 12. The summed E-state index contributed by atoms with van der Waals surface area (Å²) in [6, 6.07) is 52.5. The van der Waals surface area contributed by atoms with Gasteiger partial charge in [0, 0.05) is 5.41 Å². The van der Waals surface area contributed by atoms with Crippen molar-refractivity contribution in [2.75, 3.05) is 6.26 Å². The molecule has 0 radical (unpaired) electrons. The summed E-state index contributed by atoms with van der Waals surface area (Å²) >= 11 is 0. The Morgan fingerprint density at radius 2 is 0.710 bits per heavy atom. The smallest absolute Gasteiger partial charge is 0.261 e. The molecule has 0 saturated carbocycles. The zero-order chi connectivity index (χ0) is 45.1. The molecule has 1 N–H and O–H groups in total. The summed E-state index contributed by atoms with van der Waals surface area (Å²) in [4.78, 5) is 0.909. The fourth-order valence-electron chi connectivity index (χ4n) is 6.30. The Balaban J connectivity index is 0.000000968. The number of hydrogen-bond donors (Lipinski definition) is 1. The summed E-state index contributed by atoms with van der Waals surface area (Å²) in [7, 11) is -11.0. The van der Waals surface area contributed by atoms with Gasteiger partial charge in [-0.3, -0.25) is 4.55 Å². The van der Waals surface area contributed by atoms with E-state index in [0.717, 1.165) is 28.7 Å². The fraction of sp³-hybridized carbons (Fsp3) is 0.160. The Kier molecular flexibility index (Phi) is 15.3. The highest BCUT2D eigenvalue weighted by molar-refractivity contribution is 7.91.